The van der Waals surface area contributed by atoms with Crippen LogP contribution in [0, 0.1) is 0 Å². The Balaban J connectivity index is 3.32. The van der Waals surface area contributed by atoms with Crippen molar-refractivity contribution in [2.45, 2.75) is 12.5 Å². The van der Waals surface area contributed by atoms with Gasteiger partial charge in [0.2, 0.25) is 0 Å². The third-order valence-electron chi connectivity index (χ3n) is 2.14. The number of hydrogen-bond acceptors (Lipinski definition) is 3. The zero-order valence-electron chi connectivity index (χ0n) is 8.48. The molecular formula is C10H11F2NO3. The molecule has 6 heteroatoms. The number of aliphatic carboxylic acids is 1. The summed E-state index contributed by atoms with van der Waals surface area (Å²) in [6.45, 7) is 0. The van der Waals surface area contributed by atoms with Crippen molar-refractivity contribution in [1.29, 1.82) is 0 Å². The topological polar surface area (TPSA) is 72.5 Å². The van der Waals surface area contributed by atoms with Crippen LogP contribution in [0.4, 0.5) is 8.78 Å². The lowest BCUT2D eigenvalue weighted by atomic mass is 10.0. The van der Waals surface area contributed by atoms with E-state index in [1.54, 1.807) is 0 Å². The third kappa shape index (κ3) is 2.27. The first-order chi connectivity index (χ1) is 7.49. The molecule has 0 spiro atoms. The van der Waals surface area contributed by atoms with E-state index >= 15 is 0 Å². The molecule has 0 aliphatic carbocycles. The molecule has 1 unspecified atom stereocenters. The lowest BCUT2D eigenvalue weighted by Crippen LogP contribution is -2.22. The molecule has 4 nitrogen and oxygen atoms in total. The summed E-state index contributed by atoms with van der Waals surface area (Å²) in [6.07, 6.45) is -2.84. The van der Waals surface area contributed by atoms with Crippen LogP contribution in [0.1, 0.15) is 23.6 Å². The van der Waals surface area contributed by atoms with Crippen molar-refractivity contribution in [3.8, 4) is 5.75 Å². The largest absolute Gasteiger partial charge is 0.496 e. The minimum Gasteiger partial charge on any atom is -0.496 e. The Morgan fingerprint density at radius 2 is 2.12 bits per heavy atom. The zero-order chi connectivity index (χ0) is 12.3. The van der Waals surface area contributed by atoms with E-state index in [0.29, 0.717) is 0 Å². The molecule has 1 atom stereocenters. The van der Waals surface area contributed by atoms with E-state index in [1.807, 2.05) is 0 Å². The van der Waals surface area contributed by atoms with Crippen molar-refractivity contribution in [1.82, 2.24) is 0 Å². The van der Waals surface area contributed by atoms with Gasteiger partial charge in [-0.1, -0.05) is 12.1 Å². The van der Waals surface area contributed by atoms with Gasteiger partial charge in [0.1, 0.15) is 11.8 Å². The Labute approximate surface area is 90.6 Å². The number of nitrogens with two attached hydrogens (primary N) is 1. The van der Waals surface area contributed by atoms with E-state index in [0.717, 1.165) is 0 Å². The number of hydrogen-bond donors (Lipinski definition) is 2. The summed E-state index contributed by atoms with van der Waals surface area (Å²) in [5, 5.41) is 8.69. The van der Waals surface area contributed by atoms with E-state index < -0.39 is 24.0 Å². The van der Waals surface area contributed by atoms with Crippen LogP contribution in [0.25, 0.3) is 0 Å². The molecule has 88 valence electrons. The van der Waals surface area contributed by atoms with Crippen molar-refractivity contribution < 1.29 is 23.4 Å². The number of carbonyl (C=O) groups is 1. The summed E-state index contributed by atoms with van der Waals surface area (Å²) in [4.78, 5) is 10.7. The summed E-state index contributed by atoms with van der Waals surface area (Å²) in [7, 11) is 1.23. The molecule has 0 aliphatic heterocycles. The van der Waals surface area contributed by atoms with E-state index in [-0.39, 0.29) is 11.3 Å². The number of carboxylic acid groups (broad SMARTS) is 1. The molecule has 0 heterocycles. The van der Waals surface area contributed by atoms with Crippen LogP contribution < -0.4 is 10.5 Å². The second-order valence-corrected chi connectivity index (χ2v) is 3.08. The molecule has 1 rings (SSSR count). The maximum Gasteiger partial charge on any atom is 0.325 e. The normalized spacial score (nSPS) is 12.6. The lowest BCUT2D eigenvalue weighted by molar-refractivity contribution is -0.138. The van der Waals surface area contributed by atoms with Crippen LogP contribution in [0.5, 0.6) is 5.75 Å². The fourth-order valence-electron chi connectivity index (χ4n) is 1.38. The predicted molar refractivity (Wildman–Crippen MR) is 52.5 cm³/mol. The molecular weight excluding hydrogens is 220 g/mol. The molecule has 1 aromatic carbocycles. The quantitative estimate of drug-likeness (QED) is 0.827. The summed E-state index contributed by atoms with van der Waals surface area (Å²) >= 11 is 0. The standard InChI is InChI=1S/C10H11F2NO3/c1-16-6-4-2-3-5(7(6)9(11)12)8(13)10(14)15/h2-4,8-9H,13H2,1H3,(H,14,15). The number of ether oxygens (including phenoxy) is 1. The van der Waals surface area contributed by atoms with Crippen LogP contribution in [-0.2, 0) is 4.79 Å². The van der Waals surface area contributed by atoms with Gasteiger partial charge in [-0.3, -0.25) is 4.79 Å². The number of alkyl halides is 2. The average Bonchev–Trinajstić information content (AvgIpc) is 2.26. The fraction of sp³-hybridized carbons (Fsp3) is 0.300. The van der Waals surface area contributed by atoms with Crippen LogP contribution in [0.2, 0.25) is 0 Å². The minimum absolute atomic E-state index is 0.0656. The van der Waals surface area contributed by atoms with Gasteiger partial charge in [-0.15, -0.1) is 0 Å². The highest BCUT2D eigenvalue weighted by Gasteiger charge is 2.25. The molecule has 0 saturated carbocycles. The summed E-state index contributed by atoms with van der Waals surface area (Å²) in [5.41, 5.74) is 4.70. The second-order valence-electron chi connectivity index (χ2n) is 3.08. The van der Waals surface area contributed by atoms with Crippen molar-refractivity contribution in [2.75, 3.05) is 7.11 Å². The molecule has 0 amide bonds. The smallest absolute Gasteiger partial charge is 0.325 e. The molecule has 1 aromatic rings. The van der Waals surface area contributed by atoms with E-state index in [2.05, 4.69) is 0 Å². The Morgan fingerprint density at radius 3 is 2.56 bits per heavy atom. The van der Waals surface area contributed by atoms with E-state index in [9.17, 15) is 13.6 Å². The first-order valence-corrected chi connectivity index (χ1v) is 4.42. The average molecular weight is 231 g/mol. The SMILES string of the molecule is COc1cccc(C(N)C(=O)O)c1C(F)F. The maximum absolute atomic E-state index is 12.8. The highest BCUT2D eigenvalue weighted by molar-refractivity contribution is 5.76. The van der Waals surface area contributed by atoms with Crippen LogP contribution in [-0.4, -0.2) is 18.2 Å². The summed E-state index contributed by atoms with van der Waals surface area (Å²) < 4.78 is 30.3. The van der Waals surface area contributed by atoms with Crippen LogP contribution in [0.15, 0.2) is 18.2 Å². The van der Waals surface area contributed by atoms with E-state index in [1.165, 1.54) is 25.3 Å². The van der Waals surface area contributed by atoms with Crippen molar-refractivity contribution in [2.24, 2.45) is 5.73 Å². The van der Waals surface area contributed by atoms with Gasteiger partial charge >= 0.3 is 5.97 Å². The molecule has 3 N–H and O–H groups in total. The molecule has 16 heavy (non-hydrogen) atoms. The fourth-order valence-corrected chi connectivity index (χ4v) is 1.38. The number of halogens is 2. The number of methoxy groups -OCH3 is 1. The Bertz CT molecular complexity index is 396. The van der Waals surface area contributed by atoms with Crippen molar-refractivity contribution >= 4 is 5.97 Å². The summed E-state index contributed by atoms with van der Waals surface area (Å²) in [5.74, 6) is -1.43. The van der Waals surface area contributed by atoms with Gasteiger partial charge in [0.25, 0.3) is 6.43 Å². The number of carboxylic acids is 1. The van der Waals surface area contributed by atoms with Crippen molar-refractivity contribution in [3.63, 3.8) is 0 Å². The van der Waals surface area contributed by atoms with Gasteiger partial charge < -0.3 is 15.6 Å². The van der Waals surface area contributed by atoms with E-state index in [4.69, 9.17) is 15.6 Å². The molecule has 0 aromatic heterocycles. The monoisotopic (exact) mass is 231 g/mol. The Kier molecular flexibility index (Phi) is 3.78. The molecule has 0 radical (unpaired) electrons. The van der Waals surface area contributed by atoms with Crippen LogP contribution >= 0.6 is 0 Å². The van der Waals surface area contributed by atoms with Crippen LogP contribution in [0.3, 0.4) is 0 Å². The first kappa shape index (κ1) is 12.4. The zero-order valence-corrected chi connectivity index (χ0v) is 8.48. The predicted octanol–water partition coefficient (Wildman–Crippen LogP) is 1.72. The molecule has 0 saturated heterocycles. The highest BCUT2D eigenvalue weighted by Crippen LogP contribution is 2.34. The van der Waals surface area contributed by atoms with Gasteiger partial charge in [0.05, 0.1) is 12.7 Å². The highest BCUT2D eigenvalue weighted by atomic mass is 19.3. The van der Waals surface area contributed by atoms with Gasteiger partial charge in [-0.25, -0.2) is 8.78 Å². The maximum atomic E-state index is 12.8. The number of rotatable bonds is 4. The van der Waals surface area contributed by atoms with Gasteiger partial charge in [-0.05, 0) is 11.6 Å². The molecule has 0 fully saturated rings. The number of benzene rings is 1. The van der Waals surface area contributed by atoms with Gasteiger partial charge in [0, 0.05) is 0 Å². The minimum atomic E-state index is -2.84. The van der Waals surface area contributed by atoms with Gasteiger partial charge in [0.15, 0.2) is 0 Å². The van der Waals surface area contributed by atoms with Gasteiger partial charge in [-0.2, -0.15) is 0 Å². The third-order valence-corrected chi connectivity index (χ3v) is 2.14. The first-order valence-electron chi connectivity index (χ1n) is 4.42. The molecule has 0 aliphatic rings. The Morgan fingerprint density at radius 1 is 1.50 bits per heavy atom. The van der Waals surface area contributed by atoms with Crippen molar-refractivity contribution in [3.05, 3.63) is 29.3 Å². The summed E-state index contributed by atoms with van der Waals surface area (Å²) in [6, 6.07) is 2.52. The second kappa shape index (κ2) is 4.89. The molecule has 0 bridgehead atoms. The lowest BCUT2D eigenvalue weighted by Gasteiger charge is -2.15. The Hall–Kier alpha value is -1.69.